The Morgan fingerprint density at radius 2 is 2.04 bits per heavy atom. The molecule has 2 N–H and O–H groups in total. The summed E-state index contributed by atoms with van der Waals surface area (Å²) in [4.78, 5) is 14.3. The second kappa shape index (κ2) is 9.64. The highest BCUT2D eigenvalue weighted by molar-refractivity contribution is 6.42. The van der Waals surface area contributed by atoms with E-state index in [9.17, 15) is 4.79 Å². The van der Waals surface area contributed by atoms with Crippen molar-refractivity contribution in [3.05, 3.63) is 63.1 Å². The van der Waals surface area contributed by atoms with Gasteiger partial charge < -0.3 is 10.6 Å². The predicted molar refractivity (Wildman–Crippen MR) is 117 cm³/mol. The van der Waals surface area contributed by atoms with Crippen molar-refractivity contribution in [2.45, 2.75) is 32.7 Å². The van der Waals surface area contributed by atoms with Gasteiger partial charge in [-0.05, 0) is 73.5 Å². The quantitative estimate of drug-likeness (QED) is 0.670. The molecule has 0 radical (unpaired) electrons. The molecule has 0 aliphatic carbocycles. The molecular weight excluding hydrogens is 393 g/mol. The van der Waals surface area contributed by atoms with E-state index in [1.54, 1.807) is 7.05 Å². The summed E-state index contributed by atoms with van der Waals surface area (Å²) in [5, 5.41) is 6.80. The zero-order valence-electron chi connectivity index (χ0n) is 16.4. The number of carbonyl (C=O) groups excluding carboxylic acids is 1. The van der Waals surface area contributed by atoms with Crippen molar-refractivity contribution in [3.8, 4) is 0 Å². The van der Waals surface area contributed by atoms with Crippen molar-refractivity contribution in [3.63, 3.8) is 0 Å². The van der Waals surface area contributed by atoms with Gasteiger partial charge >= 0.3 is 6.03 Å². The van der Waals surface area contributed by atoms with Gasteiger partial charge in [0.1, 0.15) is 0 Å². The van der Waals surface area contributed by atoms with Gasteiger partial charge in [0.25, 0.3) is 0 Å². The first-order chi connectivity index (χ1) is 13.5. The van der Waals surface area contributed by atoms with E-state index in [-0.39, 0.29) is 6.03 Å². The van der Waals surface area contributed by atoms with Gasteiger partial charge in [0.05, 0.1) is 10.0 Å². The highest BCUT2D eigenvalue weighted by Crippen LogP contribution is 2.28. The molecule has 3 rings (SSSR count). The highest BCUT2D eigenvalue weighted by Gasteiger charge is 2.22. The number of benzene rings is 2. The third kappa shape index (κ3) is 5.40. The van der Waals surface area contributed by atoms with Crippen LogP contribution in [0.15, 0.2) is 36.4 Å². The molecule has 0 saturated carbocycles. The van der Waals surface area contributed by atoms with Gasteiger partial charge in [0, 0.05) is 25.8 Å². The molecule has 0 aromatic heterocycles. The SMILES string of the molecule is CNC(=O)Nc1cccc(C)c1CN1CCCC(Cc2ccc(Cl)c(Cl)c2)C1. The fourth-order valence-electron chi connectivity index (χ4n) is 3.90. The Morgan fingerprint density at radius 1 is 1.21 bits per heavy atom. The first-order valence-corrected chi connectivity index (χ1v) is 10.5. The van der Waals surface area contributed by atoms with E-state index in [0.717, 1.165) is 31.7 Å². The number of rotatable bonds is 5. The molecule has 2 amide bonds. The molecule has 1 atom stereocenters. The zero-order chi connectivity index (χ0) is 20.1. The van der Waals surface area contributed by atoms with Gasteiger partial charge in [-0.25, -0.2) is 4.79 Å². The van der Waals surface area contributed by atoms with E-state index >= 15 is 0 Å². The van der Waals surface area contributed by atoms with Crippen LogP contribution in [-0.4, -0.2) is 31.1 Å². The van der Waals surface area contributed by atoms with Crippen molar-refractivity contribution in [2.24, 2.45) is 5.92 Å². The molecular formula is C22H27Cl2N3O. The van der Waals surface area contributed by atoms with Crippen LogP contribution in [0.5, 0.6) is 0 Å². The van der Waals surface area contributed by atoms with Crippen LogP contribution in [0.2, 0.25) is 10.0 Å². The Morgan fingerprint density at radius 3 is 2.79 bits per heavy atom. The van der Waals surface area contributed by atoms with Crippen LogP contribution in [0.25, 0.3) is 0 Å². The number of anilines is 1. The minimum Gasteiger partial charge on any atom is -0.341 e. The first kappa shape index (κ1) is 21.0. The van der Waals surface area contributed by atoms with E-state index in [4.69, 9.17) is 23.2 Å². The van der Waals surface area contributed by atoms with Crippen LogP contribution in [0.3, 0.4) is 0 Å². The standard InChI is InChI=1S/C22H27Cl2N3O/c1-15-5-3-7-21(26-22(28)25-2)18(15)14-27-10-4-6-17(13-27)11-16-8-9-19(23)20(24)12-16/h3,5,7-9,12,17H,4,6,10-11,13-14H2,1-2H3,(H2,25,26,28). The Labute approximate surface area is 177 Å². The van der Waals surface area contributed by atoms with Gasteiger partial charge in [-0.2, -0.15) is 0 Å². The molecule has 28 heavy (non-hydrogen) atoms. The number of aryl methyl sites for hydroxylation is 1. The maximum Gasteiger partial charge on any atom is 0.318 e. The third-order valence-corrected chi connectivity index (χ3v) is 6.12. The van der Waals surface area contributed by atoms with Crippen LogP contribution >= 0.6 is 23.2 Å². The van der Waals surface area contributed by atoms with Crippen molar-refractivity contribution < 1.29 is 4.79 Å². The van der Waals surface area contributed by atoms with Gasteiger partial charge in [0.15, 0.2) is 0 Å². The number of urea groups is 1. The lowest BCUT2D eigenvalue weighted by Gasteiger charge is -2.33. The topological polar surface area (TPSA) is 44.4 Å². The summed E-state index contributed by atoms with van der Waals surface area (Å²) in [6.07, 6.45) is 3.40. The van der Waals surface area contributed by atoms with Crippen molar-refractivity contribution in [2.75, 3.05) is 25.5 Å². The van der Waals surface area contributed by atoms with Gasteiger partial charge in [-0.15, -0.1) is 0 Å². The molecule has 0 bridgehead atoms. The van der Waals surface area contributed by atoms with Crippen molar-refractivity contribution in [1.29, 1.82) is 0 Å². The summed E-state index contributed by atoms with van der Waals surface area (Å²) in [5.41, 5.74) is 4.49. The largest absolute Gasteiger partial charge is 0.341 e. The maximum atomic E-state index is 11.8. The number of halogens is 2. The van der Waals surface area contributed by atoms with E-state index < -0.39 is 0 Å². The number of hydrogen-bond donors (Lipinski definition) is 2. The molecule has 1 fully saturated rings. The molecule has 1 heterocycles. The number of nitrogens with one attached hydrogen (secondary N) is 2. The second-order valence-electron chi connectivity index (χ2n) is 7.50. The summed E-state index contributed by atoms with van der Waals surface area (Å²) in [5.74, 6) is 0.588. The molecule has 6 heteroatoms. The van der Waals surface area contributed by atoms with Crippen molar-refractivity contribution in [1.82, 2.24) is 10.2 Å². The van der Waals surface area contributed by atoms with Crippen LogP contribution in [0.1, 0.15) is 29.5 Å². The molecule has 1 aliphatic rings. The van der Waals surface area contributed by atoms with Crippen LogP contribution in [0.4, 0.5) is 10.5 Å². The Kier molecular flexibility index (Phi) is 7.22. The summed E-state index contributed by atoms with van der Waals surface area (Å²) in [7, 11) is 1.63. The molecule has 1 unspecified atom stereocenters. The number of hydrogen-bond acceptors (Lipinski definition) is 2. The monoisotopic (exact) mass is 419 g/mol. The average Bonchev–Trinajstić information content (AvgIpc) is 2.68. The number of nitrogens with zero attached hydrogens (tertiary/aromatic N) is 1. The van der Waals surface area contributed by atoms with Gasteiger partial charge in [-0.3, -0.25) is 4.90 Å². The van der Waals surface area contributed by atoms with Gasteiger partial charge in [-0.1, -0.05) is 41.4 Å². The first-order valence-electron chi connectivity index (χ1n) is 9.69. The van der Waals surface area contributed by atoms with Crippen LogP contribution in [0, 0.1) is 12.8 Å². The van der Waals surface area contributed by atoms with Gasteiger partial charge in [0.2, 0.25) is 0 Å². The lowest BCUT2D eigenvalue weighted by atomic mass is 9.91. The highest BCUT2D eigenvalue weighted by atomic mass is 35.5. The molecule has 0 spiro atoms. The van der Waals surface area contributed by atoms with E-state index in [0.29, 0.717) is 16.0 Å². The van der Waals surface area contributed by atoms with Crippen LogP contribution in [-0.2, 0) is 13.0 Å². The van der Waals surface area contributed by atoms with E-state index in [2.05, 4.69) is 34.6 Å². The lowest BCUT2D eigenvalue weighted by Crippen LogP contribution is -2.36. The molecule has 1 aliphatic heterocycles. The molecule has 150 valence electrons. The Balaban J connectivity index is 1.68. The molecule has 2 aromatic carbocycles. The molecule has 2 aromatic rings. The smallest absolute Gasteiger partial charge is 0.318 e. The summed E-state index contributed by atoms with van der Waals surface area (Å²) >= 11 is 12.2. The Bertz CT molecular complexity index is 841. The Hall–Kier alpha value is -1.75. The van der Waals surface area contributed by atoms with Crippen LogP contribution < -0.4 is 10.6 Å². The predicted octanol–water partition coefficient (Wildman–Crippen LogP) is 5.51. The van der Waals surface area contributed by atoms with E-state index in [1.165, 1.54) is 29.5 Å². The second-order valence-corrected chi connectivity index (χ2v) is 8.32. The number of piperidine rings is 1. The summed E-state index contributed by atoms with van der Waals surface area (Å²) in [6.45, 7) is 5.05. The fraction of sp³-hybridized carbons (Fsp3) is 0.409. The lowest BCUT2D eigenvalue weighted by molar-refractivity contribution is 0.167. The van der Waals surface area contributed by atoms with Crippen molar-refractivity contribution >= 4 is 34.9 Å². The van der Waals surface area contributed by atoms with E-state index in [1.807, 2.05) is 24.3 Å². The number of likely N-dealkylation sites (tertiary alicyclic amines) is 1. The number of carbonyl (C=O) groups is 1. The number of amides is 2. The zero-order valence-corrected chi connectivity index (χ0v) is 17.9. The molecule has 4 nitrogen and oxygen atoms in total. The minimum atomic E-state index is -0.192. The fourth-order valence-corrected chi connectivity index (χ4v) is 4.22. The maximum absolute atomic E-state index is 11.8. The molecule has 1 saturated heterocycles. The third-order valence-electron chi connectivity index (χ3n) is 5.38. The summed E-state index contributed by atoms with van der Waals surface area (Å²) < 4.78 is 0. The summed E-state index contributed by atoms with van der Waals surface area (Å²) in [6, 6.07) is 11.8. The average molecular weight is 420 g/mol. The normalized spacial score (nSPS) is 17.4. The minimum absolute atomic E-state index is 0.192.